The molecule has 3 aliphatic heterocycles. The molecule has 6 heteroatoms. The highest BCUT2D eigenvalue weighted by molar-refractivity contribution is 5.76. The van der Waals surface area contributed by atoms with E-state index in [-0.39, 0.29) is 18.0 Å². The number of piperidine rings is 3. The molecule has 1 aliphatic carbocycles. The molecule has 170 valence electrons. The molecule has 0 radical (unpaired) electrons. The van der Waals surface area contributed by atoms with Gasteiger partial charge in [-0.15, -0.1) is 0 Å². The molecule has 1 saturated carbocycles. The van der Waals surface area contributed by atoms with Gasteiger partial charge in [-0.3, -0.25) is 9.69 Å². The van der Waals surface area contributed by atoms with Crippen LogP contribution in [0.5, 0.6) is 0 Å². The maximum atomic E-state index is 13.2. The van der Waals surface area contributed by atoms with E-state index in [0.29, 0.717) is 30.2 Å². The molecule has 0 bridgehead atoms. The fourth-order valence-corrected chi connectivity index (χ4v) is 6.13. The summed E-state index contributed by atoms with van der Waals surface area (Å²) in [5, 5.41) is 6.28. The normalized spacial score (nSPS) is 31.4. The summed E-state index contributed by atoms with van der Waals surface area (Å²) in [5.74, 6) is 2.56. The second-order valence-corrected chi connectivity index (χ2v) is 10.7. The largest absolute Gasteiger partial charge is 0.356 e. The third kappa shape index (κ3) is 5.30. The molecule has 4 rings (SSSR count). The fourth-order valence-electron chi connectivity index (χ4n) is 6.13. The SMILES string of the molecule is CC(C)CNC(=O)N1C[C@@H]2CCCN3CCC[C@@H]([C@H]23)[C@H]1CCCC(=O)NCC1CC1. The molecular formula is C24H42N4O2. The van der Waals surface area contributed by atoms with Crippen LogP contribution in [0.25, 0.3) is 0 Å². The van der Waals surface area contributed by atoms with Crippen molar-refractivity contribution in [1.29, 1.82) is 0 Å². The number of amides is 3. The van der Waals surface area contributed by atoms with Gasteiger partial charge in [0.2, 0.25) is 5.91 Å². The Kier molecular flexibility index (Phi) is 7.22. The molecule has 0 aromatic carbocycles. The fraction of sp³-hybridized carbons (Fsp3) is 0.917. The lowest BCUT2D eigenvalue weighted by Crippen LogP contribution is -2.66. The summed E-state index contributed by atoms with van der Waals surface area (Å²) < 4.78 is 0. The quantitative estimate of drug-likeness (QED) is 0.636. The van der Waals surface area contributed by atoms with E-state index in [9.17, 15) is 9.59 Å². The molecule has 0 aromatic rings. The van der Waals surface area contributed by atoms with Crippen molar-refractivity contribution in [2.45, 2.75) is 83.7 Å². The number of hydrogen-bond acceptors (Lipinski definition) is 3. The van der Waals surface area contributed by atoms with Crippen LogP contribution in [0.3, 0.4) is 0 Å². The lowest BCUT2D eigenvalue weighted by atomic mass is 9.69. The number of nitrogens with one attached hydrogen (secondary N) is 2. The van der Waals surface area contributed by atoms with Gasteiger partial charge in [0.1, 0.15) is 0 Å². The molecule has 0 aromatic heterocycles. The number of carbonyl (C=O) groups is 2. The van der Waals surface area contributed by atoms with E-state index in [4.69, 9.17) is 0 Å². The van der Waals surface area contributed by atoms with Gasteiger partial charge in [0.25, 0.3) is 0 Å². The zero-order valence-electron chi connectivity index (χ0n) is 19.1. The number of likely N-dealkylation sites (tertiary alicyclic amines) is 1. The topological polar surface area (TPSA) is 64.7 Å². The Balaban J connectivity index is 1.39. The lowest BCUT2D eigenvalue weighted by Gasteiger charge is -2.57. The summed E-state index contributed by atoms with van der Waals surface area (Å²) in [6.07, 6.45) is 9.94. The summed E-state index contributed by atoms with van der Waals surface area (Å²) in [5.41, 5.74) is 0. The smallest absolute Gasteiger partial charge is 0.317 e. The van der Waals surface area contributed by atoms with Gasteiger partial charge in [-0.1, -0.05) is 13.8 Å². The Morgan fingerprint density at radius 3 is 2.53 bits per heavy atom. The van der Waals surface area contributed by atoms with E-state index in [0.717, 1.165) is 38.4 Å². The molecule has 4 fully saturated rings. The summed E-state index contributed by atoms with van der Waals surface area (Å²) in [6, 6.07) is 1.04. The van der Waals surface area contributed by atoms with Crippen molar-refractivity contribution in [3.05, 3.63) is 0 Å². The summed E-state index contributed by atoms with van der Waals surface area (Å²) >= 11 is 0. The molecule has 3 heterocycles. The van der Waals surface area contributed by atoms with Crippen molar-refractivity contribution in [2.24, 2.45) is 23.7 Å². The highest BCUT2D eigenvalue weighted by Crippen LogP contribution is 2.43. The first-order valence-electron chi connectivity index (χ1n) is 12.6. The summed E-state index contributed by atoms with van der Waals surface area (Å²) in [4.78, 5) is 30.3. The van der Waals surface area contributed by atoms with E-state index in [1.54, 1.807) is 0 Å². The monoisotopic (exact) mass is 418 g/mol. The zero-order chi connectivity index (χ0) is 21.1. The van der Waals surface area contributed by atoms with Crippen molar-refractivity contribution in [3.8, 4) is 0 Å². The maximum absolute atomic E-state index is 13.2. The van der Waals surface area contributed by atoms with Crippen LogP contribution in [-0.4, -0.2) is 66.5 Å². The third-order valence-electron chi connectivity index (χ3n) is 7.78. The van der Waals surface area contributed by atoms with Crippen LogP contribution in [0.15, 0.2) is 0 Å². The number of nitrogens with zero attached hydrogens (tertiary/aromatic N) is 2. The molecule has 30 heavy (non-hydrogen) atoms. The first-order valence-corrected chi connectivity index (χ1v) is 12.6. The molecule has 4 atom stereocenters. The predicted octanol–water partition coefficient (Wildman–Crippen LogP) is 3.22. The number of rotatable bonds is 8. The van der Waals surface area contributed by atoms with Gasteiger partial charge in [0, 0.05) is 38.1 Å². The minimum absolute atomic E-state index is 0.119. The lowest BCUT2D eigenvalue weighted by molar-refractivity contribution is -0.121. The number of urea groups is 1. The Labute approximate surface area is 182 Å². The van der Waals surface area contributed by atoms with Crippen LogP contribution in [0, 0.1) is 23.7 Å². The first-order chi connectivity index (χ1) is 14.5. The molecule has 2 N–H and O–H groups in total. The Hall–Kier alpha value is -1.30. The molecule has 6 nitrogen and oxygen atoms in total. The van der Waals surface area contributed by atoms with Gasteiger partial charge in [0.15, 0.2) is 0 Å². The summed E-state index contributed by atoms with van der Waals surface area (Å²) in [7, 11) is 0. The number of carbonyl (C=O) groups excluding carboxylic acids is 2. The van der Waals surface area contributed by atoms with Gasteiger partial charge < -0.3 is 15.5 Å². The second-order valence-electron chi connectivity index (χ2n) is 10.7. The van der Waals surface area contributed by atoms with Gasteiger partial charge in [0.05, 0.1) is 0 Å². The molecule has 0 spiro atoms. The minimum atomic E-state index is 0.119. The van der Waals surface area contributed by atoms with Crippen LogP contribution in [-0.2, 0) is 4.79 Å². The maximum Gasteiger partial charge on any atom is 0.317 e. The van der Waals surface area contributed by atoms with Crippen LogP contribution < -0.4 is 10.6 Å². The van der Waals surface area contributed by atoms with Gasteiger partial charge in [-0.2, -0.15) is 0 Å². The molecule has 4 aliphatic rings. The third-order valence-corrected chi connectivity index (χ3v) is 7.78. The van der Waals surface area contributed by atoms with E-state index in [2.05, 4.69) is 34.3 Å². The molecule has 3 amide bonds. The van der Waals surface area contributed by atoms with Crippen LogP contribution in [0.2, 0.25) is 0 Å². The minimum Gasteiger partial charge on any atom is -0.356 e. The molecule has 3 saturated heterocycles. The van der Waals surface area contributed by atoms with Crippen molar-refractivity contribution >= 4 is 11.9 Å². The first kappa shape index (κ1) is 21.9. The average molecular weight is 419 g/mol. The second kappa shape index (κ2) is 9.88. The number of hydrogen-bond donors (Lipinski definition) is 2. The van der Waals surface area contributed by atoms with Crippen molar-refractivity contribution in [1.82, 2.24) is 20.4 Å². The van der Waals surface area contributed by atoms with Crippen LogP contribution in [0.1, 0.15) is 71.6 Å². The van der Waals surface area contributed by atoms with E-state index >= 15 is 0 Å². The Morgan fingerprint density at radius 1 is 1.03 bits per heavy atom. The zero-order valence-corrected chi connectivity index (χ0v) is 19.1. The average Bonchev–Trinajstić information content (AvgIpc) is 3.56. The van der Waals surface area contributed by atoms with E-state index in [1.807, 2.05) is 0 Å². The van der Waals surface area contributed by atoms with Gasteiger partial charge in [-0.25, -0.2) is 4.79 Å². The van der Waals surface area contributed by atoms with E-state index < -0.39 is 0 Å². The van der Waals surface area contributed by atoms with E-state index in [1.165, 1.54) is 51.6 Å². The highest BCUT2D eigenvalue weighted by atomic mass is 16.2. The highest BCUT2D eigenvalue weighted by Gasteiger charge is 2.49. The predicted molar refractivity (Wildman–Crippen MR) is 119 cm³/mol. The van der Waals surface area contributed by atoms with Crippen LogP contribution >= 0.6 is 0 Å². The van der Waals surface area contributed by atoms with Crippen molar-refractivity contribution in [2.75, 3.05) is 32.7 Å². The molecule has 0 unspecified atom stereocenters. The summed E-state index contributed by atoms with van der Waals surface area (Å²) in [6.45, 7) is 9.22. The Morgan fingerprint density at radius 2 is 1.80 bits per heavy atom. The van der Waals surface area contributed by atoms with Gasteiger partial charge in [-0.05, 0) is 88.1 Å². The van der Waals surface area contributed by atoms with Crippen LogP contribution in [0.4, 0.5) is 4.79 Å². The standard InChI is InChI=1S/C24H42N4O2/c1-17(2)14-26-24(30)28-16-19-6-4-12-27-13-5-7-20(23(19)27)21(28)8-3-9-22(29)25-15-18-10-11-18/h17-21,23H,3-16H2,1-2H3,(H,25,29)(H,26,30)/t19-,20+,21+,23-/m0/s1. The Bertz CT molecular complexity index is 604. The van der Waals surface area contributed by atoms with Crippen molar-refractivity contribution in [3.63, 3.8) is 0 Å². The van der Waals surface area contributed by atoms with Gasteiger partial charge >= 0.3 is 6.03 Å². The van der Waals surface area contributed by atoms with Crippen molar-refractivity contribution < 1.29 is 9.59 Å². The molecular weight excluding hydrogens is 376 g/mol.